The molecule has 2 heterocycles. The second-order valence-corrected chi connectivity index (χ2v) is 24.4. The third-order valence-electron chi connectivity index (χ3n) is 11.9. The molecule has 2 aliphatic rings. The topological polar surface area (TPSA) is 218 Å². The monoisotopic (exact) mass is 1080 g/mol. The summed E-state index contributed by atoms with van der Waals surface area (Å²) in [4.78, 5) is 122. The van der Waals surface area contributed by atoms with Crippen LogP contribution >= 0.6 is 0 Å². The average molecular weight is 1080 g/mol. The van der Waals surface area contributed by atoms with E-state index in [2.05, 4.69) is 0 Å². The molecule has 0 N–H and O–H groups in total. The number of nitrogens with zero attached hydrogens (tertiary/aromatic N) is 8. The van der Waals surface area contributed by atoms with Crippen molar-refractivity contribution < 1.29 is 66.8 Å². The Kier molecular flexibility index (Phi) is 28.3. The average Bonchev–Trinajstić information content (AvgIpc) is 3.23. The molecule has 0 aromatic carbocycles. The Hall–Kier alpha value is -4.48. The molecule has 438 valence electrons. The fourth-order valence-corrected chi connectivity index (χ4v) is 8.58. The zero-order chi connectivity index (χ0) is 57.6. The maximum Gasteiger partial charge on any atom is 0.323 e. The second kappa shape index (κ2) is 31.8. The van der Waals surface area contributed by atoms with Gasteiger partial charge in [0.2, 0.25) is 12.8 Å². The molecule has 0 bridgehead atoms. The predicted octanol–water partition coefficient (Wildman–Crippen LogP) is 2.53. The summed E-state index contributed by atoms with van der Waals surface area (Å²) in [7, 11) is 0. The van der Waals surface area contributed by atoms with Gasteiger partial charge in [0.25, 0.3) is 0 Å². The molecule has 2 fully saturated rings. The van der Waals surface area contributed by atoms with Gasteiger partial charge in [0.05, 0.1) is 38.4 Å². The summed E-state index contributed by atoms with van der Waals surface area (Å²) in [5.41, 5.74) is -2.97. The number of carbonyl (C=O) groups excluding carboxylic acids is 8. The zero-order valence-corrected chi connectivity index (χ0v) is 49.3. The van der Waals surface area contributed by atoms with Gasteiger partial charge in [-0.2, -0.15) is 0 Å². The van der Waals surface area contributed by atoms with E-state index >= 15 is 0 Å². The van der Waals surface area contributed by atoms with Crippen LogP contribution in [-0.2, 0) is 66.8 Å². The Morgan fingerprint density at radius 1 is 0.368 bits per heavy atom. The number of hydrogen-bond acceptors (Lipinski definition) is 20. The van der Waals surface area contributed by atoms with Gasteiger partial charge in [0.1, 0.15) is 34.5 Å². The second-order valence-electron chi connectivity index (χ2n) is 24.4. The number of rotatable bonds is 19. The van der Waals surface area contributed by atoms with Gasteiger partial charge in [-0.15, -0.1) is 0 Å². The Balaban J connectivity index is 2.77. The van der Waals surface area contributed by atoms with E-state index in [1.807, 2.05) is 29.4 Å². The van der Waals surface area contributed by atoms with Gasteiger partial charge >= 0.3 is 35.8 Å². The van der Waals surface area contributed by atoms with Crippen LogP contribution in [0.3, 0.4) is 0 Å². The van der Waals surface area contributed by atoms with E-state index in [0.29, 0.717) is 26.2 Å². The first kappa shape index (κ1) is 67.6. The van der Waals surface area contributed by atoms with Crippen molar-refractivity contribution in [3.05, 3.63) is 0 Å². The van der Waals surface area contributed by atoms with Crippen molar-refractivity contribution in [3.63, 3.8) is 0 Å². The Morgan fingerprint density at radius 3 is 0.763 bits per heavy atom. The van der Waals surface area contributed by atoms with Crippen LogP contribution in [0, 0.1) is 0 Å². The molecule has 2 aliphatic heterocycles. The summed E-state index contributed by atoms with van der Waals surface area (Å²) in [6, 6.07) is -1.88. The number of ether oxygens (including phenoxy) is 6. The van der Waals surface area contributed by atoms with Crippen molar-refractivity contribution in [1.82, 2.24) is 39.2 Å². The first-order chi connectivity index (χ1) is 35.1. The fourth-order valence-electron chi connectivity index (χ4n) is 8.58. The van der Waals surface area contributed by atoms with Gasteiger partial charge in [-0.3, -0.25) is 67.8 Å². The molecule has 22 nitrogen and oxygen atoms in total. The zero-order valence-electron chi connectivity index (χ0n) is 49.3. The van der Waals surface area contributed by atoms with Crippen LogP contribution in [0.1, 0.15) is 124 Å². The first-order valence-electron chi connectivity index (χ1n) is 27.2. The fraction of sp³-hybridized carbons (Fsp3) is 0.852. The van der Waals surface area contributed by atoms with Crippen LogP contribution in [0.5, 0.6) is 0 Å². The highest BCUT2D eigenvalue weighted by Gasteiger charge is 2.36. The highest BCUT2D eigenvalue weighted by Crippen LogP contribution is 2.20. The smallest absolute Gasteiger partial charge is 0.323 e. The SMILES string of the molecule is CC(C)OC(=O)C(CCC(C(=O)OC(C)C)N1CCN(CC(=O)OC(C)(C)C)CCN(C=O)CCN(CC(=O)OC(C)(C)C)CC1)N1CCN(CC(=O)OC(C)(C)C)CCN(C=O)CCN(CC(=O)OC(C)(C)C)CC1. The number of amides is 2. The molecular weight excluding hydrogens is 985 g/mol. The summed E-state index contributed by atoms with van der Waals surface area (Å²) in [5, 5.41) is 0. The standard InChI is InChI=1S/C54H98N8O14/c1-41(2)71-49(69)43(61-31-27-55(35-45(65)73-51(5,6)7)19-23-59(39-63)24-20-56(28-32-61)36-46(66)74-52(8,9)10)17-18-44(50(70)72-42(3)4)62-33-29-57(37-47(67)75-53(11,12)13)21-25-60(40-64)26-22-58(30-34-62)38-48(68)76-54(14,15)16/h39-44H,17-38H2,1-16H3. The summed E-state index contributed by atoms with van der Waals surface area (Å²) >= 11 is 0. The van der Waals surface area contributed by atoms with E-state index in [0.717, 1.165) is 12.8 Å². The van der Waals surface area contributed by atoms with E-state index in [1.54, 1.807) is 121 Å². The van der Waals surface area contributed by atoms with Crippen LogP contribution in [0.25, 0.3) is 0 Å². The van der Waals surface area contributed by atoms with Crippen molar-refractivity contribution in [2.24, 2.45) is 0 Å². The van der Waals surface area contributed by atoms with Crippen LogP contribution in [-0.4, -0.2) is 265 Å². The third kappa shape index (κ3) is 29.9. The van der Waals surface area contributed by atoms with Crippen molar-refractivity contribution >= 4 is 48.6 Å². The van der Waals surface area contributed by atoms with Crippen LogP contribution < -0.4 is 0 Å². The summed E-state index contributed by atoms with van der Waals surface area (Å²) in [6.07, 6.45) is 0.726. The van der Waals surface area contributed by atoms with Crippen LogP contribution in [0.2, 0.25) is 0 Å². The largest absolute Gasteiger partial charge is 0.462 e. The molecule has 2 amide bonds. The Bertz CT molecular complexity index is 1620. The van der Waals surface area contributed by atoms with E-state index in [4.69, 9.17) is 28.4 Å². The van der Waals surface area contributed by atoms with Gasteiger partial charge in [-0.25, -0.2) is 0 Å². The highest BCUT2D eigenvalue weighted by atomic mass is 16.6. The number of esters is 6. The van der Waals surface area contributed by atoms with Gasteiger partial charge in [-0.05, 0) is 124 Å². The van der Waals surface area contributed by atoms with Gasteiger partial charge in [0, 0.05) is 105 Å². The lowest BCUT2D eigenvalue weighted by molar-refractivity contribution is -0.159. The van der Waals surface area contributed by atoms with Crippen LogP contribution in [0.4, 0.5) is 0 Å². The van der Waals surface area contributed by atoms with E-state index < -0.39 is 82.5 Å². The number of hydrogen-bond donors (Lipinski definition) is 0. The lowest BCUT2D eigenvalue weighted by atomic mass is 10.0. The number of carbonyl (C=O) groups is 8. The predicted molar refractivity (Wildman–Crippen MR) is 287 cm³/mol. The Morgan fingerprint density at radius 2 is 0.579 bits per heavy atom. The molecule has 0 spiro atoms. The molecule has 0 aliphatic carbocycles. The minimum atomic E-state index is -0.938. The summed E-state index contributed by atoms with van der Waals surface area (Å²) in [5.74, 6) is -2.84. The molecule has 0 aromatic heterocycles. The summed E-state index contributed by atoms with van der Waals surface area (Å²) < 4.78 is 34.8. The molecule has 2 unspecified atom stereocenters. The quantitative estimate of drug-likeness (QED) is 0.103. The van der Waals surface area contributed by atoms with Crippen molar-refractivity contribution in [2.75, 3.05) is 131 Å². The summed E-state index contributed by atoms with van der Waals surface area (Å²) in [6.45, 7) is 32.6. The first-order valence-corrected chi connectivity index (χ1v) is 27.2. The molecule has 76 heavy (non-hydrogen) atoms. The maximum atomic E-state index is 14.6. The molecule has 2 saturated heterocycles. The lowest BCUT2D eigenvalue weighted by Gasteiger charge is -2.38. The van der Waals surface area contributed by atoms with E-state index in [-0.39, 0.29) is 118 Å². The van der Waals surface area contributed by atoms with Gasteiger partial charge in [-0.1, -0.05) is 0 Å². The highest BCUT2D eigenvalue weighted by molar-refractivity contribution is 5.78. The van der Waals surface area contributed by atoms with Crippen molar-refractivity contribution in [3.8, 4) is 0 Å². The van der Waals surface area contributed by atoms with Crippen molar-refractivity contribution in [2.45, 2.75) is 170 Å². The molecule has 0 aromatic rings. The van der Waals surface area contributed by atoms with Crippen LogP contribution in [0.15, 0.2) is 0 Å². The van der Waals surface area contributed by atoms with Crippen molar-refractivity contribution in [1.29, 1.82) is 0 Å². The molecule has 2 atom stereocenters. The molecule has 0 radical (unpaired) electrons. The minimum absolute atomic E-state index is 0.0785. The van der Waals surface area contributed by atoms with E-state index in [9.17, 15) is 38.4 Å². The minimum Gasteiger partial charge on any atom is -0.462 e. The maximum absolute atomic E-state index is 14.6. The molecular formula is C54H98N8O14. The van der Waals surface area contributed by atoms with Gasteiger partial charge in [0.15, 0.2) is 0 Å². The normalized spacial score (nSPS) is 19.0. The third-order valence-corrected chi connectivity index (χ3v) is 11.9. The molecule has 0 saturated carbocycles. The Labute approximate surface area is 454 Å². The van der Waals surface area contributed by atoms with E-state index in [1.165, 1.54) is 0 Å². The lowest BCUT2D eigenvalue weighted by Crippen LogP contribution is -2.54. The molecule has 2 rings (SSSR count). The molecule has 22 heteroatoms. The van der Waals surface area contributed by atoms with Gasteiger partial charge < -0.3 is 38.2 Å².